The van der Waals surface area contributed by atoms with E-state index in [-0.39, 0.29) is 30.4 Å². The molecule has 39 heavy (non-hydrogen) atoms. The van der Waals surface area contributed by atoms with Crippen molar-refractivity contribution in [2.24, 2.45) is 0 Å². The quantitative estimate of drug-likeness (QED) is 0.351. The second kappa shape index (κ2) is 18.2. The Hall–Kier alpha value is -3.11. The molecule has 216 valence electrons. The van der Waals surface area contributed by atoms with Crippen molar-refractivity contribution < 1.29 is 43.5 Å². The number of hydrogen-bond acceptors (Lipinski definition) is 9. The molecule has 1 aliphatic rings. The lowest BCUT2D eigenvalue weighted by molar-refractivity contribution is -0.248. The van der Waals surface area contributed by atoms with E-state index >= 15 is 0 Å². The lowest BCUT2D eigenvalue weighted by atomic mass is 10.0. The first-order valence-electron chi connectivity index (χ1n) is 13.1. The fraction of sp³-hybridized carbons (Fsp3) is 0.500. The topological polar surface area (TPSA) is 129 Å². The molecule has 0 aromatic heterocycles. The molecule has 2 N–H and O–H groups in total. The summed E-state index contributed by atoms with van der Waals surface area (Å²) < 4.78 is 20.9. The number of hydrogen-bond donors (Lipinski definition) is 2. The van der Waals surface area contributed by atoms with Crippen LogP contribution < -0.4 is 0 Å². The van der Waals surface area contributed by atoms with E-state index in [2.05, 4.69) is 9.47 Å². The Kier molecular flexibility index (Phi) is 15.9. The zero-order chi connectivity index (χ0) is 29.4. The third kappa shape index (κ3) is 12.5. The van der Waals surface area contributed by atoms with Crippen molar-refractivity contribution in [1.82, 2.24) is 0 Å². The molecule has 0 aliphatic carbocycles. The number of esters is 2. The highest BCUT2D eigenvalue weighted by atomic mass is 16.7. The molecule has 0 bridgehead atoms. The molecule has 0 spiro atoms. The Morgan fingerprint density at radius 1 is 0.923 bits per heavy atom. The summed E-state index contributed by atoms with van der Waals surface area (Å²) in [5.74, 6) is -0.762. The summed E-state index contributed by atoms with van der Waals surface area (Å²) in [6.45, 7) is 7.69. The summed E-state index contributed by atoms with van der Waals surface area (Å²) in [6, 6.07) is 13.3. The van der Waals surface area contributed by atoms with Crippen LogP contribution in [0.2, 0.25) is 0 Å². The lowest BCUT2D eigenvalue weighted by Gasteiger charge is -2.35. The highest BCUT2D eigenvalue weighted by Gasteiger charge is 2.30. The predicted molar refractivity (Wildman–Crippen MR) is 147 cm³/mol. The number of ether oxygens (including phenoxy) is 4. The summed E-state index contributed by atoms with van der Waals surface area (Å²) in [6.07, 6.45) is 2.79. The van der Waals surface area contributed by atoms with Crippen LogP contribution in [0.4, 0.5) is 0 Å². The number of carbonyl (C=O) groups is 3. The number of aliphatic hydroxyl groups is 2. The molecule has 1 heterocycles. The van der Waals surface area contributed by atoms with Crippen molar-refractivity contribution in [3.63, 3.8) is 0 Å². The van der Waals surface area contributed by atoms with Gasteiger partial charge >= 0.3 is 11.9 Å². The van der Waals surface area contributed by atoms with Gasteiger partial charge in [-0.25, -0.2) is 9.59 Å². The fourth-order valence-corrected chi connectivity index (χ4v) is 3.39. The van der Waals surface area contributed by atoms with Crippen LogP contribution in [0, 0.1) is 0 Å². The monoisotopic (exact) mass is 546 g/mol. The van der Waals surface area contributed by atoms with Gasteiger partial charge in [-0.1, -0.05) is 38.1 Å². The van der Waals surface area contributed by atoms with E-state index in [4.69, 9.17) is 14.6 Å². The first kappa shape index (κ1) is 33.9. The third-order valence-electron chi connectivity index (χ3n) is 5.94. The highest BCUT2D eigenvalue weighted by molar-refractivity contribution is 5.90. The van der Waals surface area contributed by atoms with E-state index < -0.39 is 12.3 Å². The van der Waals surface area contributed by atoms with Gasteiger partial charge in [-0.05, 0) is 63.8 Å². The van der Waals surface area contributed by atoms with Crippen molar-refractivity contribution in [3.8, 4) is 0 Å². The number of carbonyl (C=O) groups excluding carboxylic acids is 3. The van der Waals surface area contributed by atoms with Crippen molar-refractivity contribution in [2.75, 3.05) is 14.2 Å². The van der Waals surface area contributed by atoms with Crippen LogP contribution in [0.1, 0.15) is 96.3 Å². The van der Waals surface area contributed by atoms with Crippen LogP contribution >= 0.6 is 0 Å². The van der Waals surface area contributed by atoms with Gasteiger partial charge in [-0.15, -0.1) is 0 Å². The molecule has 1 fully saturated rings. The zero-order valence-electron chi connectivity index (χ0n) is 23.7. The molecule has 5 unspecified atom stereocenters. The van der Waals surface area contributed by atoms with Crippen LogP contribution in [-0.4, -0.2) is 67.1 Å². The number of aliphatic hydroxyl groups excluding tert-OH is 2. The normalized spacial score (nSPS) is 19.6. The van der Waals surface area contributed by atoms with E-state index in [9.17, 15) is 19.5 Å². The van der Waals surface area contributed by atoms with Crippen molar-refractivity contribution >= 4 is 18.2 Å². The average molecular weight is 547 g/mol. The second-order valence-corrected chi connectivity index (χ2v) is 9.17. The summed E-state index contributed by atoms with van der Waals surface area (Å²) in [7, 11) is 2.67. The number of rotatable bonds is 8. The molecular formula is C30H42O9. The van der Waals surface area contributed by atoms with E-state index in [1.54, 1.807) is 43.3 Å². The van der Waals surface area contributed by atoms with Crippen molar-refractivity contribution in [3.05, 3.63) is 70.8 Å². The summed E-state index contributed by atoms with van der Waals surface area (Å²) in [4.78, 5) is 32.6. The predicted octanol–water partition coefficient (Wildman–Crippen LogP) is 4.89. The maximum atomic E-state index is 11.4. The van der Waals surface area contributed by atoms with E-state index in [0.29, 0.717) is 29.5 Å². The molecule has 5 atom stereocenters. The van der Waals surface area contributed by atoms with Gasteiger partial charge in [0.15, 0.2) is 6.29 Å². The molecule has 2 aromatic carbocycles. The maximum Gasteiger partial charge on any atom is 0.337 e. The Labute approximate surface area is 231 Å². The summed E-state index contributed by atoms with van der Waals surface area (Å²) >= 11 is 0. The molecule has 0 amide bonds. The fourth-order valence-electron chi connectivity index (χ4n) is 3.39. The minimum absolute atomic E-state index is 0.0241. The van der Waals surface area contributed by atoms with Crippen molar-refractivity contribution in [2.45, 2.75) is 84.1 Å². The largest absolute Gasteiger partial charge is 0.465 e. The zero-order valence-corrected chi connectivity index (χ0v) is 23.7. The molecule has 0 radical (unpaired) electrons. The minimum atomic E-state index is -0.468. The number of benzene rings is 2. The van der Waals surface area contributed by atoms with Crippen LogP contribution in [0.3, 0.4) is 0 Å². The molecule has 1 aliphatic heterocycles. The third-order valence-corrected chi connectivity index (χ3v) is 5.94. The molecule has 1 saturated heterocycles. The van der Waals surface area contributed by atoms with Crippen LogP contribution in [0.25, 0.3) is 0 Å². The van der Waals surface area contributed by atoms with E-state index in [1.165, 1.54) is 14.2 Å². The van der Waals surface area contributed by atoms with Crippen LogP contribution in [0.15, 0.2) is 48.5 Å². The van der Waals surface area contributed by atoms with Gasteiger partial charge < -0.3 is 29.2 Å². The summed E-state index contributed by atoms with van der Waals surface area (Å²) in [5, 5.41) is 18.2. The summed E-state index contributed by atoms with van der Waals surface area (Å²) in [5.41, 5.74) is 2.34. The van der Waals surface area contributed by atoms with Gasteiger partial charge in [0.05, 0.1) is 49.8 Å². The average Bonchev–Trinajstić information content (AvgIpc) is 2.96. The van der Waals surface area contributed by atoms with E-state index in [1.807, 2.05) is 32.9 Å². The van der Waals surface area contributed by atoms with Crippen molar-refractivity contribution in [1.29, 1.82) is 0 Å². The molecule has 2 aromatic rings. The Morgan fingerprint density at radius 2 is 1.41 bits per heavy atom. The second-order valence-electron chi connectivity index (χ2n) is 9.17. The molecule has 0 saturated carbocycles. The number of aldehydes is 1. The first-order valence-corrected chi connectivity index (χ1v) is 13.1. The lowest BCUT2D eigenvalue weighted by Crippen LogP contribution is -2.34. The van der Waals surface area contributed by atoms with Crippen LogP contribution in [-0.2, 0) is 18.9 Å². The van der Waals surface area contributed by atoms with Gasteiger partial charge in [-0.3, -0.25) is 4.79 Å². The Bertz CT molecular complexity index is 986. The van der Waals surface area contributed by atoms with Crippen LogP contribution in [0.5, 0.6) is 0 Å². The molecule has 9 heteroatoms. The smallest absolute Gasteiger partial charge is 0.337 e. The highest BCUT2D eigenvalue weighted by Crippen LogP contribution is 2.32. The first-order chi connectivity index (χ1) is 18.6. The minimum Gasteiger partial charge on any atom is -0.465 e. The van der Waals surface area contributed by atoms with Gasteiger partial charge in [0.1, 0.15) is 6.29 Å². The van der Waals surface area contributed by atoms with Gasteiger partial charge in [0.25, 0.3) is 0 Å². The number of methoxy groups -OCH3 is 2. The molecule has 9 nitrogen and oxygen atoms in total. The standard InChI is InChI=1S/C17H24O5.C9H8O3.C4H10O/c1-4-14(18)10-15-9-11(2)21-17(22-15)13-7-5-12(6-8-13)16(19)20-3;1-12-9(11)8-4-2-7(6-10)3-5-8;1-3-4(2)5/h5-8,11,14-15,17-18H,4,9-10H2,1-3H3;2-6H,1H3;4-5H,3H2,1-2H3. The molecule has 3 rings (SSSR count). The molecular weight excluding hydrogens is 504 g/mol. The SMILES string of the molecule is CCC(C)O.CCC(O)CC1CC(C)OC(c2ccc(C(=O)OC)cc2)O1.COC(=O)c1ccc(C=O)cc1. The van der Waals surface area contributed by atoms with Gasteiger partial charge in [0.2, 0.25) is 0 Å². The van der Waals surface area contributed by atoms with Gasteiger partial charge in [0, 0.05) is 11.1 Å². The Balaban J connectivity index is 0.000000373. The Morgan fingerprint density at radius 3 is 1.82 bits per heavy atom. The maximum absolute atomic E-state index is 11.4. The van der Waals surface area contributed by atoms with E-state index in [0.717, 1.165) is 24.7 Å². The van der Waals surface area contributed by atoms with Gasteiger partial charge in [-0.2, -0.15) is 0 Å².